The number of anilines is 1. The van der Waals surface area contributed by atoms with Crippen LogP contribution in [-0.2, 0) is 20.8 Å². The Morgan fingerprint density at radius 3 is 2.41 bits per heavy atom. The highest BCUT2D eigenvalue weighted by atomic mass is 79.9. The van der Waals surface area contributed by atoms with Crippen LogP contribution in [0.2, 0.25) is 0 Å². The number of ether oxygens (including phenoxy) is 2. The predicted octanol–water partition coefficient (Wildman–Crippen LogP) is 2.50. The zero-order valence-corrected chi connectivity index (χ0v) is 17.4. The molecule has 2 heterocycles. The van der Waals surface area contributed by atoms with Gasteiger partial charge in [0.25, 0.3) is 5.56 Å². The number of nitrogens with zero attached hydrogens (tertiary/aromatic N) is 1. The van der Waals surface area contributed by atoms with Crippen LogP contribution in [0.3, 0.4) is 0 Å². The van der Waals surface area contributed by atoms with Crippen LogP contribution < -0.4 is 10.9 Å². The van der Waals surface area contributed by atoms with E-state index in [-0.39, 0.29) is 27.5 Å². The maximum atomic E-state index is 12.4. The van der Waals surface area contributed by atoms with Gasteiger partial charge < -0.3 is 19.4 Å². The van der Waals surface area contributed by atoms with Crippen molar-refractivity contribution in [3.63, 3.8) is 0 Å². The van der Waals surface area contributed by atoms with Crippen molar-refractivity contribution in [3.8, 4) is 0 Å². The van der Waals surface area contributed by atoms with Gasteiger partial charge in [-0.3, -0.25) is 9.59 Å². The number of pyridine rings is 1. The topological polar surface area (TPSA) is 104 Å². The molecule has 0 atom stereocenters. The van der Waals surface area contributed by atoms with Gasteiger partial charge in [-0.1, -0.05) is 0 Å². The second-order valence-corrected chi connectivity index (χ2v) is 7.50. The van der Waals surface area contributed by atoms with E-state index in [1.54, 1.807) is 19.9 Å². The minimum Gasteiger partial charge on any atom is -0.465 e. The van der Waals surface area contributed by atoms with E-state index >= 15 is 0 Å². The molecule has 2 aromatic heterocycles. The molecule has 1 N–H and O–H groups in total. The normalized spacial score (nSPS) is 10.4. The van der Waals surface area contributed by atoms with Crippen LogP contribution in [0.1, 0.15) is 31.2 Å². The van der Waals surface area contributed by atoms with Gasteiger partial charge in [0.05, 0.1) is 19.8 Å². The summed E-state index contributed by atoms with van der Waals surface area (Å²) in [7, 11) is 2.42. The van der Waals surface area contributed by atoms with Gasteiger partial charge in [-0.2, -0.15) is 0 Å². The summed E-state index contributed by atoms with van der Waals surface area (Å²) in [5.41, 5.74) is 0.602. The fourth-order valence-corrected chi connectivity index (χ4v) is 4.13. The quantitative estimate of drug-likeness (QED) is 0.693. The number of aryl methyl sites for hydroxylation is 1. The molecule has 0 spiro atoms. The molecule has 27 heavy (non-hydrogen) atoms. The van der Waals surface area contributed by atoms with E-state index in [1.165, 1.54) is 25.0 Å². The molecule has 10 heteroatoms. The summed E-state index contributed by atoms with van der Waals surface area (Å²) in [6.45, 7) is 2.94. The van der Waals surface area contributed by atoms with E-state index in [1.807, 2.05) is 0 Å². The van der Waals surface area contributed by atoms with Gasteiger partial charge >= 0.3 is 11.9 Å². The Morgan fingerprint density at radius 1 is 1.19 bits per heavy atom. The fraction of sp³-hybridized carbons (Fsp3) is 0.294. The first-order chi connectivity index (χ1) is 12.7. The van der Waals surface area contributed by atoms with Crippen LogP contribution in [0.4, 0.5) is 5.00 Å². The molecule has 144 valence electrons. The van der Waals surface area contributed by atoms with Crippen LogP contribution in [0.5, 0.6) is 0 Å². The number of methoxy groups -OCH3 is 2. The first-order valence-corrected chi connectivity index (χ1v) is 9.27. The minimum atomic E-state index is -0.690. The molecule has 0 fully saturated rings. The maximum absolute atomic E-state index is 12.4. The SMILES string of the molecule is COC(=O)c1sc(NC(=O)Cn2cc(Br)cc(C)c2=O)c(C(=O)OC)c1C. The number of halogens is 1. The van der Waals surface area contributed by atoms with Gasteiger partial charge in [-0.25, -0.2) is 9.59 Å². The van der Waals surface area contributed by atoms with Crippen molar-refractivity contribution in [2.24, 2.45) is 0 Å². The number of carbonyl (C=O) groups is 3. The first kappa shape index (κ1) is 20.8. The van der Waals surface area contributed by atoms with Gasteiger partial charge in [0.15, 0.2) is 0 Å². The Hall–Kier alpha value is -2.46. The van der Waals surface area contributed by atoms with Crippen molar-refractivity contribution in [1.29, 1.82) is 0 Å². The number of esters is 2. The molecule has 0 bridgehead atoms. The van der Waals surface area contributed by atoms with Crippen molar-refractivity contribution in [3.05, 3.63) is 48.7 Å². The number of hydrogen-bond donors (Lipinski definition) is 1. The lowest BCUT2D eigenvalue weighted by atomic mass is 10.1. The average molecular weight is 457 g/mol. The Labute approximate surface area is 167 Å². The summed E-state index contributed by atoms with van der Waals surface area (Å²) in [6.07, 6.45) is 1.50. The number of rotatable bonds is 5. The van der Waals surface area contributed by atoms with E-state index in [9.17, 15) is 19.2 Å². The molecule has 0 aliphatic rings. The molecule has 0 radical (unpaired) electrons. The third-order valence-electron chi connectivity index (χ3n) is 3.71. The van der Waals surface area contributed by atoms with Crippen molar-refractivity contribution in [1.82, 2.24) is 4.57 Å². The number of nitrogens with one attached hydrogen (secondary N) is 1. The molecular formula is C17H17BrN2O6S. The fourth-order valence-electron chi connectivity index (χ4n) is 2.41. The molecule has 0 saturated carbocycles. The highest BCUT2D eigenvalue weighted by molar-refractivity contribution is 9.10. The van der Waals surface area contributed by atoms with Crippen LogP contribution in [0.15, 0.2) is 21.5 Å². The molecule has 2 rings (SSSR count). The summed E-state index contributed by atoms with van der Waals surface area (Å²) in [4.78, 5) is 48.7. The molecule has 0 aliphatic heterocycles. The van der Waals surface area contributed by atoms with Crippen molar-refractivity contribution < 1.29 is 23.9 Å². The number of amides is 1. The maximum Gasteiger partial charge on any atom is 0.348 e. The Morgan fingerprint density at radius 2 is 1.81 bits per heavy atom. The van der Waals surface area contributed by atoms with E-state index in [4.69, 9.17) is 9.47 Å². The highest BCUT2D eigenvalue weighted by Crippen LogP contribution is 2.34. The van der Waals surface area contributed by atoms with Crippen LogP contribution in [0, 0.1) is 13.8 Å². The lowest BCUT2D eigenvalue weighted by Crippen LogP contribution is -2.28. The summed E-state index contributed by atoms with van der Waals surface area (Å²) in [5.74, 6) is -1.84. The number of thiophene rings is 1. The van der Waals surface area contributed by atoms with Gasteiger partial charge in [-0.05, 0) is 41.4 Å². The lowest BCUT2D eigenvalue weighted by Gasteiger charge is -2.09. The van der Waals surface area contributed by atoms with Gasteiger partial charge in [0.1, 0.15) is 16.4 Å². The summed E-state index contributed by atoms with van der Waals surface area (Å²) < 4.78 is 11.3. The zero-order valence-electron chi connectivity index (χ0n) is 15.0. The van der Waals surface area contributed by atoms with E-state index < -0.39 is 17.8 Å². The Kier molecular flexibility index (Phi) is 6.55. The van der Waals surface area contributed by atoms with E-state index in [0.29, 0.717) is 15.6 Å². The number of hydrogen-bond acceptors (Lipinski definition) is 7. The van der Waals surface area contributed by atoms with Crippen molar-refractivity contribution in [2.75, 3.05) is 19.5 Å². The molecule has 8 nitrogen and oxygen atoms in total. The number of aromatic nitrogens is 1. The van der Waals surface area contributed by atoms with Crippen LogP contribution in [-0.4, -0.2) is 36.6 Å². The molecule has 1 amide bonds. The standard InChI is InChI=1S/C17H17BrN2O6S/c1-8-5-10(18)6-20(15(8)22)7-11(21)19-14-12(16(23)25-3)9(2)13(27-14)17(24)26-4/h5-6H,7H2,1-4H3,(H,19,21). The Balaban J connectivity index is 2.36. The van der Waals surface area contributed by atoms with Crippen molar-refractivity contribution in [2.45, 2.75) is 20.4 Å². The third kappa shape index (κ3) is 4.45. The molecule has 0 saturated heterocycles. The molecule has 0 aliphatic carbocycles. The summed E-state index contributed by atoms with van der Waals surface area (Å²) in [6, 6.07) is 1.65. The van der Waals surface area contributed by atoms with Crippen LogP contribution >= 0.6 is 27.3 Å². The molecule has 0 unspecified atom stereocenters. The largest absolute Gasteiger partial charge is 0.465 e. The molecule has 2 aromatic rings. The van der Waals surface area contributed by atoms with E-state index in [0.717, 1.165) is 11.3 Å². The Bertz CT molecular complexity index is 979. The van der Waals surface area contributed by atoms with Crippen LogP contribution in [0.25, 0.3) is 0 Å². The van der Waals surface area contributed by atoms with Gasteiger partial charge in [-0.15, -0.1) is 11.3 Å². The minimum absolute atomic E-state index is 0.0778. The summed E-state index contributed by atoms with van der Waals surface area (Å²) >= 11 is 4.19. The molecular weight excluding hydrogens is 440 g/mol. The van der Waals surface area contributed by atoms with E-state index in [2.05, 4.69) is 21.2 Å². The molecule has 0 aromatic carbocycles. The van der Waals surface area contributed by atoms with Gasteiger partial charge in [0, 0.05) is 16.2 Å². The first-order valence-electron chi connectivity index (χ1n) is 7.66. The highest BCUT2D eigenvalue weighted by Gasteiger charge is 2.26. The third-order valence-corrected chi connectivity index (χ3v) is 5.33. The number of carbonyl (C=O) groups excluding carboxylic acids is 3. The second-order valence-electron chi connectivity index (χ2n) is 5.57. The van der Waals surface area contributed by atoms with Crippen molar-refractivity contribution >= 4 is 50.1 Å². The zero-order chi connectivity index (χ0) is 20.3. The monoisotopic (exact) mass is 456 g/mol. The lowest BCUT2D eigenvalue weighted by molar-refractivity contribution is -0.116. The smallest absolute Gasteiger partial charge is 0.348 e. The van der Waals surface area contributed by atoms with Gasteiger partial charge in [0.2, 0.25) is 5.91 Å². The predicted molar refractivity (Wildman–Crippen MR) is 104 cm³/mol. The average Bonchev–Trinajstić information content (AvgIpc) is 2.93. The summed E-state index contributed by atoms with van der Waals surface area (Å²) in [5, 5.41) is 2.73. The second kappa shape index (κ2) is 8.49.